The van der Waals surface area contributed by atoms with Crippen molar-refractivity contribution in [2.24, 2.45) is 5.92 Å². The van der Waals surface area contributed by atoms with Crippen LogP contribution in [0.5, 0.6) is 0 Å². The lowest BCUT2D eigenvalue weighted by Crippen LogP contribution is -2.29. The summed E-state index contributed by atoms with van der Waals surface area (Å²) in [6, 6.07) is 5.48. The van der Waals surface area contributed by atoms with Crippen LogP contribution in [0.1, 0.15) is 38.2 Å². The summed E-state index contributed by atoms with van der Waals surface area (Å²) in [4.78, 5) is 0.330. The summed E-state index contributed by atoms with van der Waals surface area (Å²) >= 11 is 3.35. The minimum atomic E-state index is -3.45. The molecular weight excluding hydrogens is 352 g/mol. The second-order valence-electron chi connectivity index (χ2n) is 5.55. The molecule has 0 amide bonds. The molecule has 0 heterocycles. The highest BCUT2D eigenvalue weighted by atomic mass is 79.9. The number of rotatable bonds is 7. The van der Waals surface area contributed by atoms with E-state index in [1.54, 1.807) is 12.1 Å². The van der Waals surface area contributed by atoms with E-state index in [0.717, 1.165) is 24.9 Å². The van der Waals surface area contributed by atoms with Crippen LogP contribution >= 0.6 is 15.9 Å². The fourth-order valence-corrected chi connectivity index (χ4v) is 4.78. The van der Waals surface area contributed by atoms with E-state index in [-0.39, 0.29) is 0 Å². The van der Waals surface area contributed by atoms with Gasteiger partial charge in [-0.05, 0) is 58.9 Å². The minimum absolute atomic E-state index is 0.330. The molecule has 0 spiro atoms. The lowest BCUT2D eigenvalue weighted by Gasteiger charge is -2.13. The Labute approximate surface area is 135 Å². The maximum Gasteiger partial charge on any atom is 0.241 e. The first kappa shape index (κ1) is 16.9. The number of sulfonamides is 1. The summed E-state index contributed by atoms with van der Waals surface area (Å²) in [6.45, 7) is 4.11. The molecule has 0 unspecified atom stereocenters. The van der Waals surface area contributed by atoms with Crippen molar-refractivity contribution in [3.63, 3.8) is 0 Å². The number of halogens is 1. The van der Waals surface area contributed by atoms with E-state index in [0.29, 0.717) is 28.4 Å². The Hall–Kier alpha value is -0.430. The average Bonchev–Trinajstić information content (AvgIpc) is 2.97. The van der Waals surface area contributed by atoms with Crippen LogP contribution < -0.4 is 10.0 Å². The fourth-order valence-electron chi connectivity index (χ4n) is 2.65. The fraction of sp³-hybridized carbons (Fsp3) is 0.600. The smallest absolute Gasteiger partial charge is 0.241 e. The van der Waals surface area contributed by atoms with Crippen molar-refractivity contribution < 1.29 is 8.42 Å². The Kier molecular flexibility index (Phi) is 6.22. The third-order valence-electron chi connectivity index (χ3n) is 3.90. The van der Waals surface area contributed by atoms with E-state index in [9.17, 15) is 8.42 Å². The van der Waals surface area contributed by atoms with Crippen molar-refractivity contribution in [1.29, 1.82) is 0 Å². The first-order valence-electron chi connectivity index (χ1n) is 7.51. The van der Waals surface area contributed by atoms with Gasteiger partial charge in [-0.3, -0.25) is 0 Å². The lowest BCUT2D eigenvalue weighted by atomic mass is 10.1. The van der Waals surface area contributed by atoms with Gasteiger partial charge in [0.15, 0.2) is 0 Å². The first-order valence-corrected chi connectivity index (χ1v) is 9.79. The van der Waals surface area contributed by atoms with Crippen LogP contribution in [0, 0.1) is 5.92 Å². The molecule has 1 aliphatic carbocycles. The van der Waals surface area contributed by atoms with Gasteiger partial charge in [-0.2, -0.15) is 0 Å². The van der Waals surface area contributed by atoms with Crippen molar-refractivity contribution in [2.45, 2.75) is 44.0 Å². The summed E-state index contributed by atoms with van der Waals surface area (Å²) < 4.78 is 28.3. The third kappa shape index (κ3) is 4.77. The highest BCUT2D eigenvalue weighted by molar-refractivity contribution is 9.10. The molecule has 0 aliphatic heterocycles. The number of hydrogen-bond donors (Lipinski definition) is 2. The highest BCUT2D eigenvalue weighted by Crippen LogP contribution is 2.26. The molecule has 0 bridgehead atoms. The number of benzene rings is 1. The monoisotopic (exact) mass is 374 g/mol. The van der Waals surface area contributed by atoms with Gasteiger partial charge in [-0.25, -0.2) is 13.1 Å². The van der Waals surface area contributed by atoms with Gasteiger partial charge in [0.2, 0.25) is 10.0 Å². The summed E-state index contributed by atoms with van der Waals surface area (Å²) in [7, 11) is -3.45. The van der Waals surface area contributed by atoms with Crippen LogP contribution in [0.4, 0.5) is 0 Å². The lowest BCUT2D eigenvalue weighted by molar-refractivity contribution is 0.519. The predicted octanol–water partition coefficient (Wildman–Crippen LogP) is 3.03. The Morgan fingerprint density at radius 1 is 1.29 bits per heavy atom. The van der Waals surface area contributed by atoms with Crippen molar-refractivity contribution in [3.8, 4) is 0 Å². The first-order chi connectivity index (χ1) is 10.0. The van der Waals surface area contributed by atoms with Crippen molar-refractivity contribution in [1.82, 2.24) is 10.0 Å². The molecule has 4 nitrogen and oxygen atoms in total. The van der Waals surface area contributed by atoms with E-state index < -0.39 is 10.0 Å². The molecule has 0 atom stereocenters. The zero-order valence-electron chi connectivity index (χ0n) is 12.4. The van der Waals surface area contributed by atoms with E-state index in [2.05, 4.69) is 26.0 Å². The van der Waals surface area contributed by atoms with E-state index in [1.165, 1.54) is 12.8 Å². The van der Waals surface area contributed by atoms with Crippen LogP contribution in [0.3, 0.4) is 0 Å². The predicted molar refractivity (Wildman–Crippen MR) is 88.7 cm³/mol. The molecule has 1 aromatic carbocycles. The average molecular weight is 375 g/mol. The maximum absolute atomic E-state index is 12.5. The van der Waals surface area contributed by atoms with Gasteiger partial charge in [0.1, 0.15) is 0 Å². The molecule has 2 rings (SSSR count). The van der Waals surface area contributed by atoms with Gasteiger partial charge in [-0.15, -0.1) is 0 Å². The molecule has 2 N–H and O–H groups in total. The Bertz CT molecular complexity index is 569. The van der Waals surface area contributed by atoms with Crippen LogP contribution in [0.25, 0.3) is 0 Å². The largest absolute Gasteiger partial charge is 0.313 e. The number of nitrogens with one attached hydrogen (secondary N) is 2. The molecule has 1 aromatic rings. The van der Waals surface area contributed by atoms with Gasteiger partial charge < -0.3 is 5.32 Å². The minimum Gasteiger partial charge on any atom is -0.313 e. The summed E-state index contributed by atoms with van der Waals surface area (Å²) in [5.41, 5.74) is 0.973. The van der Waals surface area contributed by atoms with Gasteiger partial charge in [0.05, 0.1) is 4.90 Å². The van der Waals surface area contributed by atoms with Gasteiger partial charge in [0, 0.05) is 17.6 Å². The van der Waals surface area contributed by atoms with Gasteiger partial charge in [-0.1, -0.05) is 25.8 Å². The molecule has 0 aromatic heterocycles. The van der Waals surface area contributed by atoms with Crippen LogP contribution in [0.15, 0.2) is 27.6 Å². The molecule has 1 aliphatic rings. The van der Waals surface area contributed by atoms with Crippen molar-refractivity contribution >= 4 is 26.0 Å². The molecule has 118 valence electrons. The molecule has 1 saturated carbocycles. The summed E-state index contributed by atoms with van der Waals surface area (Å²) in [6.07, 6.45) is 4.69. The van der Waals surface area contributed by atoms with Gasteiger partial charge >= 0.3 is 0 Å². The van der Waals surface area contributed by atoms with Crippen molar-refractivity contribution in [2.75, 3.05) is 13.1 Å². The third-order valence-corrected chi connectivity index (χ3v) is 6.32. The zero-order chi connectivity index (χ0) is 15.3. The van der Waals surface area contributed by atoms with Crippen molar-refractivity contribution in [3.05, 3.63) is 28.2 Å². The van der Waals surface area contributed by atoms with Crippen LogP contribution in [-0.2, 0) is 16.6 Å². The van der Waals surface area contributed by atoms with Crippen LogP contribution in [-0.4, -0.2) is 21.5 Å². The SMILES string of the molecule is CCNCc1ccc(Br)c(S(=O)(=O)NCC2CCCC2)c1. The Balaban J connectivity index is 2.09. The van der Waals surface area contributed by atoms with E-state index >= 15 is 0 Å². The topological polar surface area (TPSA) is 58.2 Å². The van der Waals surface area contributed by atoms with Gasteiger partial charge in [0.25, 0.3) is 0 Å². The summed E-state index contributed by atoms with van der Waals surface area (Å²) in [5, 5.41) is 3.21. The maximum atomic E-state index is 12.5. The normalized spacial score (nSPS) is 16.5. The summed E-state index contributed by atoms with van der Waals surface area (Å²) in [5.74, 6) is 0.489. The highest BCUT2D eigenvalue weighted by Gasteiger charge is 2.21. The Morgan fingerprint density at radius 3 is 2.67 bits per heavy atom. The quantitative estimate of drug-likeness (QED) is 0.770. The second kappa shape index (κ2) is 7.72. The number of hydrogen-bond acceptors (Lipinski definition) is 3. The molecule has 0 saturated heterocycles. The molecule has 21 heavy (non-hydrogen) atoms. The molecular formula is C15H23BrN2O2S. The second-order valence-corrected chi connectivity index (χ2v) is 8.14. The zero-order valence-corrected chi connectivity index (χ0v) is 14.8. The Morgan fingerprint density at radius 2 is 2.00 bits per heavy atom. The standard InChI is InChI=1S/C15H23BrN2O2S/c1-2-17-10-13-7-8-14(16)15(9-13)21(19,20)18-11-12-5-3-4-6-12/h7-9,12,17-18H,2-6,10-11H2,1H3. The van der Waals surface area contributed by atoms with E-state index in [4.69, 9.17) is 0 Å². The molecule has 1 fully saturated rings. The molecule has 0 radical (unpaired) electrons. The van der Waals surface area contributed by atoms with E-state index in [1.807, 2.05) is 13.0 Å². The molecule has 6 heteroatoms. The van der Waals surface area contributed by atoms with Crippen LogP contribution in [0.2, 0.25) is 0 Å².